The zero-order valence-electron chi connectivity index (χ0n) is 18.2. The number of hydrogen-bond acceptors (Lipinski definition) is 7. The first-order valence-corrected chi connectivity index (χ1v) is 12.4. The predicted octanol–water partition coefficient (Wildman–Crippen LogP) is 1.80. The van der Waals surface area contributed by atoms with Gasteiger partial charge in [0.1, 0.15) is 6.67 Å². The van der Waals surface area contributed by atoms with Gasteiger partial charge in [-0.15, -0.1) is 10.2 Å². The van der Waals surface area contributed by atoms with E-state index in [2.05, 4.69) is 43.0 Å². The Hall–Kier alpha value is -2.73. The van der Waals surface area contributed by atoms with E-state index in [4.69, 9.17) is 5.14 Å². The van der Waals surface area contributed by atoms with Crippen LogP contribution in [0, 0.1) is 0 Å². The molecule has 2 aromatic carbocycles. The van der Waals surface area contributed by atoms with E-state index >= 15 is 0 Å². The Balaban J connectivity index is 1.43. The number of aromatic nitrogens is 4. The molecule has 33 heavy (non-hydrogen) atoms. The highest BCUT2D eigenvalue weighted by molar-refractivity contribution is 7.89. The zero-order chi connectivity index (χ0) is 23.2. The maximum absolute atomic E-state index is 13.6. The number of H-pyrrole nitrogens is 1. The van der Waals surface area contributed by atoms with E-state index in [1.54, 1.807) is 6.07 Å². The van der Waals surface area contributed by atoms with Crippen LogP contribution in [-0.4, -0.2) is 66.2 Å². The number of aromatic amines is 1. The molecule has 1 aliphatic carbocycles. The number of nitrogens with two attached hydrogens (primary N) is 1. The van der Waals surface area contributed by atoms with Crippen LogP contribution >= 0.6 is 0 Å². The van der Waals surface area contributed by atoms with Gasteiger partial charge in [-0.2, -0.15) is 5.21 Å². The van der Waals surface area contributed by atoms with Gasteiger partial charge in [-0.05, 0) is 41.8 Å². The lowest BCUT2D eigenvalue weighted by molar-refractivity contribution is 0.0308. The quantitative estimate of drug-likeness (QED) is 0.479. The van der Waals surface area contributed by atoms with E-state index in [0.29, 0.717) is 23.6 Å². The van der Waals surface area contributed by atoms with E-state index in [9.17, 15) is 12.8 Å². The highest BCUT2D eigenvalue weighted by Crippen LogP contribution is 2.39. The predicted molar refractivity (Wildman–Crippen MR) is 121 cm³/mol. The summed E-state index contributed by atoms with van der Waals surface area (Å²) < 4.78 is 38.4. The minimum atomic E-state index is -4.24. The maximum Gasteiger partial charge on any atom is 0.239 e. The molecule has 0 bridgehead atoms. The topological polar surface area (TPSA) is 130 Å². The summed E-state index contributed by atoms with van der Waals surface area (Å²) in [4.78, 5) is 2.22. The first-order chi connectivity index (χ1) is 15.9. The minimum absolute atomic E-state index is 0.0382. The van der Waals surface area contributed by atoms with Crippen molar-refractivity contribution in [1.29, 1.82) is 0 Å². The van der Waals surface area contributed by atoms with Crippen molar-refractivity contribution in [3.05, 3.63) is 47.5 Å². The molecule has 4 N–H and O–H groups in total. The molecule has 9 nitrogen and oxygen atoms in total. The van der Waals surface area contributed by atoms with E-state index in [1.165, 1.54) is 24.5 Å². The van der Waals surface area contributed by atoms with Gasteiger partial charge in [-0.3, -0.25) is 4.90 Å². The van der Waals surface area contributed by atoms with E-state index < -0.39 is 16.7 Å². The zero-order valence-corrected chi connectivity index (χ0v) is 19.0. The first kappa shape index (κ1) is 22.1. The molecule has 0 amide bonds. The molecule has 174 valence electrons. The van der Waals surface area contributed by atoms with Crippen LogP contribution in [0.25, 0.3) is 22.5 Å². The van der Waals surface area contributed by atoms with Crippen molar-refractivity contribution >= 4 is 10.0 Å². The van der Waals surface area contributed by atoms with Crippen LogP contribution in [0.3, 0.4) is 0 Å². The largest absolute Gasteiger partial charge is 0.317 e. The molecule has 2 heterocycles. The summed E-state index contributed by atoms with van der Waals surface area (Å²) >= 11 is 0. The summed E-state index contributed by atoms with van der Waals surface area (Å²) in [5.41, 5.74) is 2.66. The molecular formula is C22H26FN7O2S. The molecule has 0 radical (unpaired) electrons. The summed E-state index contributed by atoms with van der Waals surface area (Å²) in [6.45, 7) is 1.12. The summed E-state index contributed by atoms with van der Waals surface area (Å²) in [6.07, 6.45) is 2.42. The van der Waals surface area contributed by atoms with Gasteiger partial charge in [-0.25, -0.2) is 17.9 Å². The lowest BCUT2D eigenvalue weighted by Crippen LogP contribution is -2.58. The van der Waals surface area contributed by atoms with Crippen LogP contribution < -0.4 is 10.5 Å². The molecule has 0 spiro atoms. The fourth-order valence-electron chi connectivity index (χ4n) is 4.86. The summed E-state index contributed by atoms with van der Waals surface area (Å²) in [5.74, 6) is 0.529. The third kappa shape index (κ3) is 4.05. The number of benzene rings is 2. The molecule has 1 aliphatic heterocycles. The number of tetrazole rings is 1. The average molecular weight is 472 g/mol. The number of rotatable bonds is 7. The molecule has 2 aliphatic rings. The number of alkyl halides is 1. The lowest BCUT2D eigenvalue weighted by Gasteiger charge is -2.50. The average Bonchev–Trinajstić information content (AvgIpc) is 3.27. The third-order valence-electron chi connectivity index (χ3n) is 6.88. The Morgan fingerprint density at radius 3 is 2.48 bits per heavy atom. The van der Waals surface area contributed by atoms with Crippen molar-refractivity contribution in [3.63, 3.8) is 0 Å². The second kappa shape index (κ2) is 8.56. The monoisotopic (exact) mass is 471 g/mol. The Labute approximate surface area is 191 Å². The molecule has 1 aromatic heterocycles. The van der Waals surface area contributed by atoms with Crippen molar-refractivity contribution in [2.75, 3.05) is 20.1 Å². The van der Waals surface area contributed by atoms with E-state index in [0.717, 1.165) is 18.7 Å². The molecule has 0 atom stereocenters. The number of halogens is 1. The lowest BCUT2D eigenvalue weighted by atomic mass is 9.80. The smallest absolute Gasteiger partial charge is 0.239 e. The minimum Gasteiger partial charge on any atom is -0.317 e. The highest BCUT2D eigenvalue weighted by atomic mass is 32.2. The number of primary sulfonamides is 1. The molecule has 2 fully saturated rings. The van der Waals surface area contributed by atoms with E-state index in [-0.39, 0.29) is 21.8 Å². The van der Waals surface area contributed by atoms with E-state index in [1.807, 2.05) is 19.2 Å². The van der Waals surface area contributed by atoms with Crippen molar-refractivity contribution in [1.82, 2.24) is 30.8 Å². The van der Waals surface area contributed by atoms with Crippen molar-refractivity contribution < 1.29 is 12.8 Å². The summed E-state index contributed by atoms with van der Waals surface area (Å²) in [5, 5.41) is 22.5. The molecule has 1 saturated heterocycles. The van der Waals surface area contributed by atoms with Gasteiger partial charge >= 0.3 is 0 Å². The van der Waals surface area contributed by atoms with Gasteiger partial charge in [0.05, 0.1) is 10.5 Å². The molecular weight excluding hydrogens is 445 g/mol. The van der Waals surface area contributed by atoms with Crippen LogP contribution in [-0.2, 0) is 16.7 Å². The Kier molecular flexibility index (Phi) is 5.73. The van der Waals surface area contributed by atoms with Gasteiger partial charge < -0.3 is 5.32 Å². The second-order valence-corrected chi connectivity index (χ2v) is 10.3. The maximum atomic E-state index is 13.6. The van der Waals surface area contributed by atoms with Crippen LogP contribution in [0.2, 0.25) is 0 Å². The van der Waals surface area contributed by atoms with Gasteiger partial charge in [-0.1, -0.05) is 36.4 Å². The molecule has 3 aromatic rings. The summed E-state index contributed by atoms with van der Waals surface area (Å²) in [6, 6.07) is 12.5. The van der Waals surface area contributed by atoms with Gasteiger partial charge in [0, 0.05) is 36.7 Å². The third-order valence-corrected chi connectivity index (χ3v) is 7.91. The standard InChI is InChI=1S/C22H26FN7O2S/c1-25-17-8-18(9-17)30-11-16(12-30)13-2-4-14(5-3-13)19-7-6-15(10-23)21(33(24,31)32)20(19)22-26-28-29-27-22/h2-7,16-18,25H,8-12H2,1H3,(H2,24,31,32)(H,26,27,28,29). The fraction of sp³-hybridized carbons (Fsp3) is 0.409. The fourth-order valence-corrected chi connectivity index (χ4v) is 5.84. The molecule has 5 rings (SSSR count). The van der Waals surface area contributed by atoms with Crippen molar-refractivity contribution in [2.24, 2.45) is 5.14 Å². The van der Waals surface area contributed by atoms with Crippen LogP contribution in [0.1, 0.15) is 29.9 Å². The second-order valence-electron chi connectivity index (χ2n) is 8.77. The molecule has 0 unspecified atom stereocenters. The Bertz CT molecular complexity index is 1240. The van der Waals surface area contributed by atoms with Crippen LogP contribution in [0.5, 0.6) is 0 Å². The normalized spacial score (nSPS) is 21.5. The van der Waals surface area contributed by atoms with Gasteiger partial charge in [0.25, 0.3) is 0 Å². The van der Waals surface area contributed by atoms with Gasteiger partial charge in [0.15, 0.2) is 0 Å². The highest BCUT2D eigenvalue weighted by Gasteiger charge is 2.39. The van der Waals surface area contributed by atoms with Crippen LogP contribution in [0.15, 0.2) is 41.3 Å². The number of nitrogens with one attached hydrogen (secondary N) is 2. The molecule has 11 heteroatoms. The number of hydrogen-bond donors (Lipinski definition) is 3. The molecule has 1 saturated carbocycles. The van der Waals surface area contributed by atoms with Crippen LogP contribution in [0.4, 0.5) is 4.39 Å². The summed E-state index contributed by atoms with van der Waals surface area (Å²) in [7, 11) is -2.22. The number of nitrogens with zero attached hydrogens (tertiary/aromatic N) is 4. The Morgan fingerprint density at radius 1 is 1.18 bits per heavy atom. The first-order valence-electron chi connectivity index (χ1n) is 10.9. The SMILES string of the molecule is CNC1CC(N2CC(c3ccc(-c4ccc(CF)c(S(N)(=O)=O)c4-c4nn[nH]n4)cc3)C2)C1. The number of likely N-dealkylation sites (tertiary alicyclic amines) is 1. The van der Waals surface area contributed by atoms with Crippen molar-refractivity contribution in [3.8, 4) is 22.5 Å². The van der Waals surface area contributed by atoms with Crippen molar-refractivity contribution in [2.45, 2.75) is 42.4 Å². The Morgan fingerprint density at radius 2 is 1.91 bits per heavy atom. The number of sulfonamides is 1. The van der Waals surface area contributed by atoms with Gasteiger partial charge in [0.2, 0.25) is 15.8 Å².